The Bertz CT molecular complexity index is 945. The van der Waals surface area contributed by atoms with Gasteiger partial charge in [-0.05, 0) is 42.3 Å². The Morgan fingerprint density at radius 2 is 1.41 bits per heavy atom. The van der Waals surface area contributed by atoms with Crippen LogP contribution in [0, 0.1) is 6.92 Å². The molecule has 0 saturated heterocycles. The lowest BCUT2D eigenvalue weighted by molar-refractivity contribution is 0.354. The third-order valence-electron chi connectivity index (χ3n) is 4.39. The summed E-state index contributed by atoms with van der Waals surface area (Å²) in [4.78, 5) is 9.03. The quantitative estimate of drug-likeness (QED) is 0.567. The molecule has 0 fully saturated rings. The second kappa shape index (κ2) is 9.64. The van der Waals surface area contributed by atoms with Crippen molar-refractivity contribution in [2.24, 2.45) is 0 Å². The van der Waals surface area contributed by atoms with E-state index < -0.39 is 0 Å². The Morgan fingerprint density at radius 1 is 0.724 bits per heavy atom. The number of rotatable bonds is 9. The zero-order valence-electron chi connectivity index (χ0n) is 17.2. The highest BCUT2D eigenvalue weighted by atomic mass is 16.5. The van der Waals surface area contributed by atoms with Gasteiger partial charge in [-0.1, -0.05) is 18.2 Å². The maximum absolute atomic E-state index is 5.35. The zero-order valence-corrected chi connectivity index (χ0v) is 17.2. The number of hydrogen-bond acceptors (Lipinski definition) is 7. The van der Waals surface area contributed by atoms with E-state index in [0.717, 1.165) is 28.4 Å². The number of ether oxygens (including phenoxy) is 3. The summed E-state index contributed by atoms with van der Waals surface area (Å²) in [6.07, 6.45) is 0. The van der Waals surface area contributed by atoms with Crippen LogP contribution in [0.4, 0.5) is 11.8 Å². The van der Waals surface area contributed by atoms with Crippen molar-refractivity contribution in [2.75, 3.05) is 32.0 Å². The molecule has 0 aliphatic carbocycles. The van der Waals surface area contributed by atoms with Crippen LogP contribution in [0.25, 0.3) is 0 Å². The molecule has 0 amide bonds. The van der Waals surface area contributed by atoms with E-state index in [9.17, 15) is 0 Å². The lowest BCUT2D eigenvalue weighted by Crippen LogP contribution is -2.08. The number of nitrogens with one attached hydrogen (secondary N) is 2. The average molecular weight is 394 g/mol. The van der Waals surface area contributed by atoms with Crippen LogP contribution in [0.1, 0.15) is 16.8 Å². The second-order valence-electron chi connectivity index (χ2n) is 6.46. The summed E-state index contributed by atoms with van der Waals surface area (Å²) in [7, 11) is 4.91. The number of benzene rings is 2. The van der Waals surface area contributed by atoms with Gasteiger partial charge in [0.05, 0.1) is 21.3 Å². The fourth-order valence-corrected chi connectivity index (χ4v) is 2.85. The summed E-state index contributed by atoms with van der Waals surface area (Å²) in [6.45, 7) is 3.18. The number of methoxy groups -OCH3 is 3. The maximum Gasteiger partial charge on any atom is 0.225 e. The van der Waals surface area contributed by atoms with Crippen molar-refractivity contribution in [2.45, 2.75) is 20.0 Å². The van der Waals surface area contributed by atoms with Crippen LogP contribution >= 0.6 is 0 Å². The van der Waals surface area contributed by atoms with Gasteiger partial charge in [0, 0.05) is 24.8 Å². The summed E-state index contributed by atoms with van der Waals surface area (Å²) < 4.78 is 15.8. The molecule has 2 aromatic carbocycles. The topological polar surface area (TPSA) is 77.5 Å². The third-order valence-corrected chi connectivity index (χ3v) is 4.39. The second-order valence-corrected chi connectivity index (χ2v) is 6.46. The number of hydrogen-bond donors (Lipinski definition) is 2. The van der Waals surface area contributed by atoms with Gasteiger partial charge >= 0.3 is 0 Å². The van der Waals surface area contributed by atoms with Crippen molar-refractivity contribution in [1.82, 2.24) is 9.97 Å². The molecular weight excluding hydrogens is 368 g/mol. The first-order valence-electron chi connectivity index (χ1n) is 9.28. The largest absolute Gasteiger partial charge is 0.497 e. The summed E-state index contributed by atoms with van der Waals surface area (Å²) in [5.41, 5.74) is 3.06. The van der Waals surface area contributed by atoms with Gasteiger partial charge in [0.1, 0.15) is 11.6 Å². The first kappa shape index (κ1) is 20.3. The van der Waals surface area contributed by atoms with Gasteiger partial charge in [-0.2, -0.15) is 4.98 Å². The minimum Gasteiger partial charge on any atom is -0.497 e. The molecule has 7 nitrogen and oxygen atoms in total. The third kappa shape index (κ3) is 5.51. The van der Waals surface area contributed by atoms with Crippen LogP contribution in [-0.2, 0) is 13.1 Å². The molecule has 3 rings (SSSR count). The van der Waals surface area contributed by atoms with Crippen LogP contribution in [0.3, 0.4) is 0 Å². The average Bonchev–Trinajstić information content (AvgIpc) is 2.76. The monoisotopic (exact) mass is 394 g/mol. The minimum absolute atomic E-state index is 0.567. The molecule has 3 aromatic rings. The Balaban J connectivity index is 1.64. The van der Waals surface area contributed by atoms with E-state index in [1.54, 1.807) is 21.3 Å². The number of aryl methyl sites for hydroxylation is 1. The van der Waals surface area contributed by atoms with Crippen LogP contribution in [0.5, 0.6) is 17.2 Å². The molecule has 0 aliphatic heterocycles. The molecule has 0 unspecified atom stereocenters. The zero-order chi connectivity index (χ0) is 20.6. The summed E-state index contributed by atoms with van der Waals surface area (Å²) in [6, 6.07) is 15.7. The van der Waals surface area contributed by atoms with E-state index in [1.165, 1.54) is 0 Å². The molecule has 29 heavy (non-hydrogen) atoms. The molecule has 0 radical (unpaired) electrons. The maximum atomic E-state index is 5.35. The van der Waals surface area contributed by atoms with Gasteiger partial charge < -0.3 is 24.8 Å². The van der Waals surface area contributed by atoms with Crippen LogP contribution in [0.15, 0.2) is 48.5 Å². The highest BCUT2D eigenvalue weighted by Gasteiger charge is 2.06. The Hall–Kier alpha value is -3.48. The fraction of sp³-hybridized carbons (Fsp3) is 0.273. The molecule has 1 heterocycles. The normalized spacial score (nSPS) is 10.3. The molecular formula is C22H26N4O3. The van der Waals surface area contributed by atoms with Crippen molar-refractivity contribution in [1.29, 1.82) is 0 Å². The molecule has 0 spiro atoms. The standard InChI is InChI=1S/C22H26N4O3/c1-15-11-21(23-13-16-5-8-18(27-2)9-6-16)26-22(25-15)24-14-17-7-10-19(28-3)20(12-17)29-4/h5-12H,13-14H2,1-4H3,(H2,23,24,25,26). The minimum atomic E-state index is 0.567. The van der Waals surface area contributed by atoms with Crippen LogP contribution in [0.2, 0.25) is 0 Å². The Labute approximate surface area is 171 Å². The first-order chi connectivity index (χ1) is 14.1. The molecule has 1 aromatic heterocycles. The van der Waals surface area contributed by atoms with Gasteiger partial charge in [-0.25, -0.2) is 4.98 Å². The molecule has 0 atom stereocenters. The van der Waals surface area contributed by atoms with Crippen molar-refractivity contribution >= 4 is 11.8 Å². The van der Waals surface area contributed by atoms with E-state index in [1.807, 2.05) is 55.5 Å². The van der Waals surface area contributed by atoms with Crippen molar-refractivity contribution in [3.8, 4) is 17.2 Å². The Morgan fingerprint density at radius 3 is 2.10 bits per heavy atom. The summed E-state index contributed by atoms with van der Waals surface area (Å²) in [5.74, 6) is 3.57. The van der Waals surface area contributed by atoms with E-state index in [0.29, 0.717) is 30.5 Å². The van der Waals surface area contributed by atoms with Crippen LogP contribution < -0.4 is 24.8 Å². The number of nitrogens with zero attached hydrogens (tertiary/aromatic N) is 2. The lowest BCUT2D eigenvalue weighted by Gasteiger charge is -2.12. The van der Waals surface area contributed by atoms with Gasteiger partial charge in [-0.15, -0.1) is 0 Å². The molecule has 0 aliphatic rings. The smallest absolute Gasteiger partial charge is 0.225 e. The molecule has 2 N–H and O–H groups in total. The summed E-state index contributed by atoms with van der Waals surface area (Å²) >= 11 is 0. The van der Waals surface area contributed by atoms with E-state index in [2.05, 4.69) is 20.6 Å². The predicted molar refractivity (Wildman–Crippen MR) is 114 cm³/mol. The highest BCUT2D eigenvalue weighted by molar-refractivity contribution is 5.46. The van der Waals surface area contributed by atoms with Crippen molar-refractivity contribution in [3.63, 3.8) is 0 Å². The molecule has 152 valence electrons. The molecule has 7 heteroatoms. The van der Waals surface area contributed by atoms with E-state index >= 15 is 0 Å². The van der Waals surface area contributed by atoms with Crippen LogP contribution in [-0.4, -0.2) is 31.3 Å². The van der Waals surface area contributed by atoms with Gasteiger partial charge in [0.2, 0.25) is 5.95 Å². The first-order valence-corrected chi connectivity index (χ1v) is 9.28. The fourth-order valence-electron chi connectivity index (χ4n) is 2.85. The van der Waals surface area contributed by atoms with Gasteiger partial charge in [0.25, 0.3) is 0 Å². The van der Waals surface area contributed by atoms with Crippen molar-refractivity contribution < 1.29 is 14.2 Å². The van der Waals surface area contributed by atoms with E-state index in [4.69, 9.17) is 14.2 Å². The lowest BCUT2D eigenvalue weighted by atomic mass is 10.2. The number of anilines is 2. The molecule has 0 bridgehead atoms. The van der Waals surface area contributed by atoms with E-state index in [-0.39, 0.29) is 0 Å². The SMILES string of the molecule is COc1ccc(CNc2cc(C)nc(NCc3ccc(OC)c(OC)c3)n2)cc1. The summed E-state index contributed by atoms with van der Waals surface area (Å²) in [5, 5.41) is 6.61. The van der Waals surface area contributed by atoms with Gasteiger partial charge in [0.15, 0.2) is 11.5 Å². The Kier molecular flexibility index (Phi) is 6.73. The predicted octanol–water partition coefficient (Wildman–Crippen LogP) is 4.04. The number of aromatic nitrogens is 2. The molecule has 0 saturated carbocycles. The van der Waals surface area contributed by atoms with Gasteiger partial charge in [-0.3, -0.25) is 0 Å². The van der Waals surface area contributed by atoms with Crippen molar-refractivity contribution in [3.05, 3.63) is 65.4 Å². The highest BCUT2D eigenvalue weighted by Crippen LogP contribution is 2.27.